The number of thiophene rings is 1. The Morgan fingerprint density at radius 1 is 1.14 bits per heavy atom. The molecule has 0 amide bonds. The summed E-state index contributed by atoms with van der Waals surface area (Å²) in [5.74, 6) is 1.15. The normalized spacial score (nSPS) is 15.0. The molecule has 0 saturated heterocycles. The van der Waals surface area contributed by atoms with Crippen molar-refractivity contribution in [2.45, 2.75) is 19.6 Å². The van der Waals surface area contributed by atoms with Gasteiger partial charge in [0.1, 0.15) is 5.82 Å². The van der Waals surface area contributed by atoms with Gasteiger partial charge in [-0.2, -0.15) is 11.3 Å². The first-order valence-corrected chi connectivity index (χ1v) is 8.04. The van der Waals surface area contributed by atoms with Crippen molar-refractivity contribution in [1.29, 1.82) is 0 Å². The molecule has 0 spiro atoms. The summed E-state index contributed by atoms with van der Waals surface area (Å²) in [6.45, 7) is 3.81. The van der Waals surface area contributed by atoms with Gasteiger partial charge in [-0.25, -0.2) is 4.98 Å². The van der Waals surface area contributed by atoms with Gasteiger partial charge in [-0.05, 0) is 23.6 Å². The van der Waals surface area contributed by atoms with E-state index in [4.69, 9.17) is 0 Å². The Kier molecular flexibility index (Phi) is 3.29. The zero-order valence-corrected chi connectivity index (χ0v) is 12.5. The highest BCUT2D eigenvalue weighted by Crippen LogP contribution is 2.26. The van der Waals surface area contributed by atoms with E-state index in [-0.39, 0.29) is 0 Å². The number of aromatic nitrogens is 3. The van der Waals surface area contributed by atoms with Crippen LogP contribution in [-0.2, 0) is 19.6 Å². The Morgan fingerprint density at radius 2 is 2.14 bits per heavy atom. The molecule has 0 N–H and O–H groups in total. The summed E-state index contributed by atoms with van der Waals surface area (Å²) in [4.78, 5) is 11.4. The highest BCUT2D eigenvalue weighted by Gasteiger charge is 2.20. The summed E-state index contributed by atoms with van der Waals surface area (Å²) in [7, 11) is 0. The molecule has 106 valence electrons. The SMILES string of the molecule is c1ccc(CN2CCn3c(-c4ccsc4)cnc3C2)nc1. The van der Waals surface area contributed by atoms with Crippen LogP contribution in [0.3, 0.4) is 0 Å². The standard InChI is InChI=1S/C16H16N4S/c1-2-5-17-14(3-1)10-19-6-7-20-15(9-18-16(20)11-19)13-4-8-21-12-13/h1-5,8-9,12H,6-7,10-11H2. The molecule has 0 radical (unpaired) electrons. The highest BCUT2D eigenvalue weighted by molar-refractivity contribution is 7.08. The first-order chi connectivity index (χ1) is 10.4. The van der Waals surface area contributed by atoms with E-state index in [9.17, 15) is 0 Å². The first-order valence-electron chi connectivity index (χ1n) is 7.09. The van der Waals surface area contributed by atoms with Crippen molar-refractivity contribution in [2.24, 2.45) is 0 Å². The van der Waals surface area contributed by atoms with Crippen LogP contribution in [0.1, 0.15) is 11.5 Å². The summed E-state index contributed by atoms with van der Waals surface area (Å²) in [6, 6.07) is 8.24. The van der Waals surface area contributed by atoms with Gasteiger partial charge in [0.2, 0.25) is 0 Å². The Labute approximate surface area is 127 Å². The van der Waals surface area contributed by atoms with Crippen LogP contribution in [0.2, 0.25) is 0 Å². The van der Waals surface area contributed by atoms with E-state index in [0.29, 0.717) is 0 Å². The highest BCUT2D eigenvalue weighted by atomic mass is 32.1. The van der Waals surface area contributed by atoms with Gasteiger partial charge in [0.25, 0.3) is 0 Å². The lowest BCUT2D eigenvalue weighted by Crippen LogP contribution is -2.33. The fourth-order valence-corrected chi connectivity index (χ4v) is 3.46. The predicted molar refractivity (Wildman–Crippen MR) is 83.9 cm³/mol. The van der Waals surface area contributed by atoms with Crippen molar-refractivity contribution in [2.75, 3.05) is 6.54 Å². The number of nitrogens with zero attached hydrogens (tertiary/aromatic N) is 4. The second kappa shape index (κ2) is 5.42. The molecule has 3 aromatic rings. The van der Waals surface area contributed by atoms with Gasteiger partial charge in [-0.15, -0.1) is 0 Å². The topological polar surface area (TPSA) is 34.0 Å². The summed E-state index contributed by atoms with van der Waals surface area (Å²) < 4.78 is 2.34. The van der Waals surface area contributed by atoms with E-state index in [1.54, 1.807) is 11.3 Å². The van der Waals surface area contributed by atoms with Crippen LogP contribution < -0.4 is 0 Å². The number of pyridine rings is 1. The third-order valence-corrected chi connectivity index (χ3v) is 4.56. The van der Waals surface area contributed by atoms with E-state index < -0.39 is 0 Å². The van der Waals surface area contributed by atoms with Gasteiger partial charge in [0.05, 0.1) is 24.1 Å². The Balaban J connectivity index is 1.54. The number of hydrogen-bond acceptors (Lipinski definition) is 4. The number of rotatable bonds is 3. The zero-order chi connectivity index (χ0) is 14.1. The van der Waals surface area contributed by atoms with E-state index in [1.807, 2.05) is 24.5 Å². The quantitative estimate of drug-likeness (QED) is 0.745. The second-order valence-corrected chi connectivity index (χ2v) is 6.04. The van der Waals surface area contributed by atoms with E-state index in [2.05, 4.69) is 42.3 Å². The average molecular weight is 296 g/mol. The molecule has 0 saturated carbocycles. The van der Waals surface area contributed by atoms with E-state index in [0.717, 1.165) is 37.7 Å². The molecule has 0 unspecified atom stereocenters. The summed E-state index contributed by atoms with van der Waals surface area (Å²) >= 11 is 1.73. The minimum atomic E-state index is 0.890. The maximum atomic E-state index is 4.61. The van der Waals surface area contributed by atoms with Crippen molar-refractivity contribution < 1.29 is 0 Å². The van der Waals surface area contributed by atoms with Crippen LogP contribution in [0, 0.1) is 0 Å². The molecule has 3 aromatic heterocycles. The Morgan fingerprint density at radius 3 is 2.95 bits per heavy atom. The minimum absolute atomic E-state index is 0.890. The lowest BCUT2D eigenvalue weighted by Gasteiger charge is -2.28. The van der Waals surface area contributed by atoms with Crippen LogP contribution in [-0.4, -0.2) is 26.0 Å². The summed E-state index contributed by atoms with van der Waals surface area (Å²) in [6.07, 6.45) is 3.86. The van der Waals surface area contributed by atoms with Crippen molar-refractivity contribution >= 4 is 11.3 Å². The first kappa shape index (κ1) is 12.7. The third kappa shape index (κ3) is 2.50. The molecule has 0 atom stereocenters. The molecule has 1 aliphatic rings. The van der Waals surface area contributed by atoms with Gasteiger partial charge in [0, 0.05) is 36.8 Å². The average Bonchev–Trinajstić information content (AvgIpc) is 3.16. The van der Waals surface area contributed by atoms with Crippen LogP contribution in [0.15, 0.2) is 47.4 Å². The van der Waals surface area contributed by atoms with Gasteiger partial charge in [-0.3, -0.25) is 9.88 Å². The minimum Gasteiger partial charge on any atom is -0.326 e. The van der Waals surface area contributed by atoms with Crippen molar-refractivity contribution in [3.8, 4) is 11.3 Å². The molecular formula is C16H16N4S. The number of imidazole rings is 1. The molecule has 4 nitrogen and oxygen atoms in total. The lowest BCUT2D eigenvalue weighted by atomic mass is 10.2. The largest absolute Gasteiger partial charge is 0.326 e. The maximum absolute atomic E-state index is 4.61. The van der Waals surface area contributed by atoms with Crippen LogP contribution in [0.4, 0.5) is 0 Å². The lowest BCUT2D eigenvalue weighted by molar-refractivity contribution is 0.207. The second-order valence-electron chi connectivity index (χ2n) is 5.26. The summed E-state index contributed by atoms with van der Waals surface area (Å²) in [5, 5.41) is 4.30. The molecule has 0 bridgehead atoms. The molecule has 0 aromatic carbocycles. The number of hydrogen-bond donors (Lipinski definition) is 0. The molecule has 0 aliphatic carbocycles. The van der Waals surface area contributed by atoms with Crippen molar-refractivity contribution in [3.63, 3.8) is 0 Å². The van der Waals surface area contributed by atoms with E-state index in [1.165, 1.54) is 11.3 Å². The molecular weight excluding hydrogens is 280 g/mol. The fraction of sp³-hybridized carbons (Fsp3) is 0.250. The van der Waals surface area contributed by atoms with Crippen molar-refractivity contribution in [3.05, 3.63) is 58.9 Å². The zero-order valence-electron chi connectivity index (χ0n) is 11.6. The van der Waals surface area contributed by atoms with Gasteiger partial charge >= 0.3 is 0 Å². The predicted octanol–water partition coefficient (Wildman–Crippen LogP) is 3.02. The summed E-state index contributed by atoms with van der Waals surface area (Å²) in [5.41, 5.74) is 3.64. The van der Waals surface area contributed by atoms with Crippen LogP contribution in [0.5, 0.6) is 0 Å². The Hall–Kier alpha value is -1.98. The molecule has 21 heavy (non-hydrogen) atoms. The molecule has 0 fully saturated rings. The maximum Gasteiger partial charge on any atom is 0.123 e. The van der Waals surface area contributed by atoms with Crippen LogP contribution >= 0.6 is 11.3 Å². The Bertz CT molecular complexity index is 718. The molecule has 1 aliphatic heterocycles. The van der Waals surface area contributed by atoms with E-state index >= 15 is 0 Å². The number of fused-ring (bicyclic) bond motifs is 1. The molecule has 4 rings (SSSR count). The van der Waals surface area contributed by atoms with Crippen molar-refractivity contribution in [1.82, 2.24) is 19.4 Å². The smallest absolute Gasteiger partial charge is 0.123 e. The monoisotopic (exact) mass is 296 g/mol. The van der Waals surface area contributed by atoms with Crippen LogP contribution in [0.25, 0.3) is 11.3 Å². The van der Waals surface area contributed by atoms with Gasteiger partial charge < -0.3 is 4.57 Å². The molecule has 5 heteroatoms. The fourth-order valence-electron chi connectivity index (χ4n) is 2.81. The van der Waals surface area contributed by atoms with Gasteiger partial charge in [0.15, 0.2) is 0 Å². The molecule has 4 heterocycles. The third-order valence-electron chi connectivity index (χ3n) is 3.87. The van der Waals surface area contributed by atoms with Gasteiger partial charge in [-0.1, -0.05) is 6.07 Å².